The fraction of sp³-hybridized carbons (Fsp3) is 0. The zero-order chi connectivity index (χ0) is 40.3. The molecule has 0 aliphatic heterocycles. The van der Waals surface area contributed by atoms with E-state index >= 15 is 0 Å². The van der Waals surface area contributed by atoms with Crippen LogP contribution in [0.3, 0.4) is 0 Å². The average molecular weight is 795 g/mol. The third kappa shape index (κ3) is 6.09. The van der Waals surface area contributed by atoms with E-state index < -0.39 is 0 Å². The minimum Gasteiger partial charge on any atom is -0.310 e. The van der Waals surface area contributed by atoms with Crippen molar-refractivity contribution in [2.75, 3.05) is 4.90 Å². The van der Waals surface area contributed by atoms with E-state index in [4.69, 9.17) is 0 Å². The number of rotatable bonds is 7. The Hall–Kier alpha value is -7.72. The van der Waals surface area contributed by atoms with E-state index in [1.54, 1.807) is 0 Å². The van der Waals surface area contributed by atoms with Crippen molar-refractivity contribution in [1.29, 1.82) is 0 Å². The van der Waals surface area contributed by atoms with E-state index in [2.05, 4.69) is 240 Å². The fourth-order valence-corrected chi connectivity index (χ4v) is 10.4. The monoisotopic (exact) mass is 794 g/mol. The highest BCUT2D eigenvalue weighted by molar-refractivity contribution is 7.25. The van der Waals surface area contributed by atoms with E-state index in [1.807, 2.05) is 11.3 Å². The Kier molecular flexibility index (Phi) is 8.39. The number of nitrogens with zero attached hydrogens (tertiary/aromatic N) is 2. The van der Waals surface area contributed by atoms with Crippen molar-refractivity contribution in [2.24, 2.45) is 0 Å². The van der Waals surface area contributed by atoms with Crippen molar-refractivity contribution in [2.45, 2.75) is 0 Å². The van der Waals surface area contributed by atoms with Crippen molar-refractivity contribution in [3.05, 3.63) is 231 Å². The maximum atomic E-state index is 2.43. The van der Waals surface area contributed by atoms with Gasteiger partial charge in [-0.1, -0.05) is 164 Å². The molecule has 10 aromatic carbocycles. The molecule has 0 spiro atoms. The van der Waals surface area contributed by atoms with Crippen LogP contribution in [0.2, 0.25) is 0 Å². The summed E-state index contributed by atoms with van der Waals surface area (Å²) in [7, 11) is 0. The molecule has 0 fully saturated rings. The molecular weight excluding hydrogens is 757 g/mol. The minimum absolute atomic E-state index is 1.11. The average Bonchev–Trinajstić information content (AvgIpc) is 3.87. The first kappa shape index (κ1) is 35.2. The smallest absolute Gasteiger partial charge is 0.0547 e. The lowest BCUT2D eigenvalue weighted by Gasteiger charge is -2.27. The van der Waals surface area contributed by atoms with Gasteiger partial charge in [0.25, 0.3) is 0 Å². The summed E-state index contributed by atoms with van der Waals surface area (Å²) in [6, 6.07) is 84.2. The van der Waals surface area contributed by atoms with E-state index in [0.717, 1.165) is 22.7 Å². The maximum Gasteiger partial charge on any atom is 0.0547 e. The van der Waals surface area contributed by atoms with Gasteiger partial charge in [0.1, 0.15) is 0 Å². The molecule has 0 aliphatic carbocycles. The number of anilines is 3. The molecule has 2 aromatic heterocycles. The van der Waals surface area contributed by atoms with Gasteiger partial charge in [0.05, 0.1) is 16.7 Å². The zero-order valence-electron chi connectivity index (χ0n) is 33.2. The van der Waals surface area contributed by atoms with Crippen molar-refractivity contribution in [1.82, 2.24) is 4.57 Å². The predicted molar refractivity (Wildman–Crippen MR) is 262 cm³/mol. The number of thiophene rings is 1. The number of benzene rings is 10. The molecule has 0 radical (unpaired) electrons. The normalized spacial score (nSPS) is 11.6. The highest BCUT2D eigenvalue weighted by Crippen LogP contribution is 2.44. The largest absolute Gasteiger partial charge is 0.310 e. The van der Waals surface area contributed by atoms with Gasteiger partial charge in [-0.05, 0) is 105 Å². The topological polar surface area (TPSA) is 8.17 Å². The summed E-state index contributed by atoms with van der Waals surface area (Å²) in [4.78, 5) is 2.43. The Morgan fingerprint density at radius 2 is 0.869 bits per heavy atom. The van der Waals surface area contributed by atoms with Gasteiger partial charge < -0.3 is 9.47 Å². The molecule has 0 saturated carbocycles. The molecule has 0 unspecified atom stereocenters. The van der Waals surface area contributed by atoms with Gasteiger partial charge in [0.15, 0.2) is 0 Å². The molecule has 0 N–H and O–H groups in total. The standard InChI is InChI=1S/C58H38N2S/c1-2-13-39(14-3-1)40-27-30-46(31-28-40)60-55-24-8-6-22-50(55)51-33-29-45(37-56(51)60)43-18-10-17-42(35-43)44-19-11-20-47(36-44)59(54-25-12-16-41-15-4-5-21-49(41)54)48-32-34-53-52-23-7-9-26-57(52)61-58(53)38-48/h1-38H. The zero-order valence-corrected chi connectivity index (χ0v) is 34.1. The van der Waals surface area contributed by atoms with Crippen LogP contribution in [0.5, 0.6) is 0 Å². The summed E-state index contributed by atoms with van der Waals surface area (Å²) in [5, 5.41) is 7.55. The van der Waals surface area contributed by atoms with Crippen LogP contribution in [-0.2, 0) is 0 Å². The van der Waals surface area contributed by atoms with Gasteiger partial charge in [0.2, 0.25) is 0 Å². The van der Waals surface area contributed by atoms with Crippen LogP contribution in [0.4, 0.5) is 17.1 Å². The van der Waals surface area contributed by atoms with Crippen LogP contribution in [0, 0.1) is 0 Å². The molecule has 0 aliphatic rings. The van der Waals surface area contributed by atoms with Gasteiger partial charge in [-0.2, -0.15) is 0 Å². The second-order valence-corrected chi connectivity index (χ2v) is 16.8. The Balaban J connectivity index is 0.960. The molecule has 0 atom stereocenters. The van der Waals surface area contributed by atoms with E-state index in [0.29, 0.717) is 0 Å². The molecular formula is C58H38N2S. The van der Waals surface area contributed by atoms with Crippen molar-refractivity contribution < 1.29 is 0 Å². The Morgan fingerprint density at radius 1 is 0.311 bits per heavy atom. The Morgan fingerprint density at radius 3 is 1.72 bits per heavy atom. The molecule has 61 heavy (non-hydrogen) atoms. The molecule has 12 aromatic rings. The minimum atomic E-state index is 1.11. The van der Waals surface area contributed by atoms with E-state index in [1.165, 1.54) is 86.1 Å². The van der Waals surface area contributed by atoms with Crippen LogP contribution in [-0.4, -0.2) is 4.57 Å². The van der Waals surface area contributed by atoms with Crippen LogP contribution in [0.25, 0.3) is 91.8 Å². The van der Waals surface area contributed by atoms with Crippen LogP contribution >= 0.6 is 11.3 Å². The third-order valence-electron chi connectivity index (χ3n) is 12.2. The lowest BCUT2D eigenvalue weighted by atomic mass is 9.97. The first-order valence-electron chi connectivity index (χ1n) is 20.8. The lowest BCUT2D eigenvalue weighted by Crippen LogP contribution is -2.10. The summed E-state index contributed by atoms with van der Waals surface area (Å²) >= 11 is 1.86. The molecule has 0 saturated heterocycles. The molecule has 12 rings (SSSR count). The van der Waals surface area contributed by atoms with Gasteiger partial charge in [-0.15, -0.1) is 11.3 Å². The molecule has 0 amide bonds. The first-order valence-corrected chi connectivity index (χ1v) is 21.6. The summed E-state index contributed by atoms with van der Waals surface area (Å²) < 4.78 is 5.01. The third-order valence-corrected chi connectivity index (χ3v) is 13.3. The molecule has 0 bridgehead atoms. The van der Waals surface area contributed by atoms with Gasteiger partial charge in [0, 0.05) is 53.4 Å². The van der Waals surface area contributed by atoms with Crippen molar-refractivity contribution >= 4 is 81.1 Å². The van der Waals surface area contributed by atoms with Gasteiger partial charge in [-0.3, -0.25) is 0 Å². The molecule has 2 nitrogen and oxygen atoms in total. The fourth-order valence-electron chi connectivity index (χ4n) is 9.25. The SMILES string of the molecule is c1ccc(-c2ccc(-n3c4ccccc4c4ccc(-c5cccc(-c6cccc(N(c7ccc8c(c7)sc7ccccc78)c7cccc8ccccc78)c6)c5)cc43)cc2)cc1. The van der Waals surface area contributed by atoms with Crippen LogP contribution in [0.1, 0.15) is 0 Å². The summed E-state index contributed by atoms with van der Waals surface area (Å²) in [6.45, 7) is 0. The first-order chi connectivity index (χ1) is 30.2. The number of aromatic nitrogens is 1. The highest BCUT2D eigenvalue weighted by atomic mass is 32.1. The highest BCUT2D eigenvalue weighted by Gasteiger charge is 2.19. The second-order valence-electron chi connectivity index (χ2n) is 15.7. The number of hydrogen-bond acceptors (Lipinski definition) is 2. The number of fused-ring (bicyclic) bond motifs is 7. The summed E-state index contributed by atoms with van der Waals surface area (Å²) in [5.74, 6) is 0. The summed E-state index contributed by atoms with van der Waals surface area (Å²) in [5.41, 5.74) is 14.1. The van der Waals surface area contributed by atoms with Crippen molar-refractivity contribution in [3.63, 3.8) is 0 Å². The molecule has 3 heteroatoms. The van der Waals surface area contributed by atoms with Crippen LogP contribution in [0.15, 0.2) is 231 Å². The Labute approximate surface area is 358 Å². The lowest BCUT2D eigenvalue weighted by molar-refractivity contribution is 1.18. The van der Waals surface area contributed by atoms with Crippen molar-refractivity contribution in [3.8, 4) is 39.1 Å². The number of hydrogen-bond donors (Lipinski definition) is 0. The van der Waals surface area contributed by atoms with E-state index in [-0.39, 0.29) is 0 Å². The van der Waals surface area contributed by atoms with Gasteiger partial charge >= 0.3 is 0 Å². The maximum absolute atomic E-state index is 2.43. The van der Waals surface area contributed by atoms with E-state index in [9.17, 15) is 0 Å². The Bertz CT molecular complexity index is 3590. The molecule has 286 valence electrons. The quantitative estimate of drug-likeness (QED) is 0.156. The summed E-state index contributed by atoms with van der Waals surface area (Å²) in [6.07, 6.45) is 0. The second kappa shape index (κ2) is 14.5. The number of para-hydroxylation sites is 1. The van der Waals surface area contributed by atoms with Crippen LogP contribution < -0.4 is 4.90 Å². The molecule has 2 heterocycles. The van der Waals surface area contributed by atoms with Gasteiger partial charge in [-0.25, -0.2) is 0 Å². The predicted octanol–water partition coefficient (Wildman–Crippen LogP) is 16.8.